The molecule has 0 spiro atoms. The fraction of sp³-hybridized carbons (Fsp3) is 0.833. The molecule has 4 aliphatic rings. The van der Waals surface area contributed by atoms with E-state index in [1.54, 1.807) is 0 Å². The van der Waals surface area contributed by atoms with Crippen molar-refractivity contribution in [2.45, 2.75) is 56.3 Å². The van der Waals surface area contributed by atoms with Gasteiger partial charge >= 0.3 is 11.2 Å². The third-order valence-corrected chi connectivity index (χ3v) is 7.41. The molecule has 0 aromatic carbocycles. The maximum absolute atomic E-state index is 13.1. The van der Waals surface area contributed by atoms with Crippen LogP contribution >= 0.6 is 0 Å². The number of carbonyl (C=O) groups excluding carboxylic acids is 1. The summed E-state index contributed by atoms with van der Waals surface area (Å²) in [6, 6.07) is 0. The minimum Gasteiger partial charge on any atom is -0.743 e. The number of ether oxygens (including phenoxy) is 2. The molecular formula is C18H25F2O6S-. The van der Waals surface area contributed by atoms with E-state index in [1.165, 1.54) is 6.42 Å². The Balaban J connectivity index is 1.58. The highest BCUT2D eigenvalue weighted by Crippen LogP contribution is 2.60. The summed E-state index contributed by atoms with van der Waals surface area (Å²) in [6.07, 6.45) is 6.14. The standard InChI is InChI=1S/C18H26F2O6S/c1-3-17(14-5-12-4-13(7-14)8-15(17)6-12)26-16(21)11(2)9-25-10-18(19,20)27(22,23)24/h12-15H,2-10H2,1H3,(H,22,23,24)/p-1. The van der Waals surface area contributed by atoms with Gasteiger partial charge in [0.25, 0.3) is 0 Å². The lowest BCUT2D eigenvalue weighted by molar-refractivity contribution is -0.207. The first-order chi connectivity index (χ1) is 12.5. The van der Waals surface area contributed by atoms with Gasteiger partial charge in [0.2, 0.25) is 0 Å². The quantitative estimate of drug-likeness (QED) is 0.349. The van der Waals surface area contributed by atoms with Crippen LogP contribution in [-0.2, 0) is 24.4 Å². The Hall–Kier alpha value is -1.06. The Morgan fingerprint density at radius 3 is 2.15 bits per heavy atom. The summed E-state index contributed by atoms with van der Waals surface area (Å²) in [5.41, 5.74) is -0.717. The lowest BCUT2D eigenvalue weighted by Gasteiger charge is -2.60. The van der Waals surface area contributed by atoms with Crippen molar-refractivity contribution in [2.24, 2.45) is 23.7 Å². The lowest BCUT2D eigenvalue weighted by atomic mass is 9.49. The molecule has 4 rings (SSSR count). The number of alkyl halides is 2. The Bertz CT molecular complexity index is 689. The van der Waals surface area contributed by atoms with Gasteiger partial charge in [-0.05, 0) is 62.2 Å². The van der Waals surface area contributed by atoms with E-state index in [2.05, 4.69) is 11.3 Å². The highest BCUT2D eigenvalue weighted by Gasteiger charge is 2.58. The van der Waals surface area contributed by atoms with Crippen molar-refractivity contribution in [1.82, 2.24) is 0 Å². The summed E-state index contributed by atoms with van der Waals surface area (Å²) >= 11 is 0. The van der Waals surface area contributed by atoms with Crippen LogP contribution in [0, 0.1) is 23.7 Å². The molecule has 4 fully saturated rings. The fourth-order valence-corrected chi connectivity index (χ4v) is 5.69. The van der Waals surface area contributed by atoms with Crippen LogP contribution in [-0.4, -0.2) is 43.0 Å². The first-order valence-corrected chi connectivity index (χ1v) is 10.7. The van der Waals surface area contributed by atoms with Gasteiger partial charge < -0.3 is 14.0 Å². The topological polar surface area (TPSA) is 92.7 Å². The molecule has 0 radical (unpaired) electrons. The molecule has 9 heteroatoms. The molecule has 0 aliphatic heterocycles. The van der Waals surface area contributed by atoms with Crippen LogP contribution in [0.3, 0.4) is 0 Å². The van der Waals surface area contributed by atoms with Crippen molar-refractivity contribution in [3.8, 4) is 0 Å². The van der Waals surface area contributed by atoms with Gasteiger partial charge in [0.15, 0.2) is 10.1 Å². The van der Waals surface area contributed by atoms with Crippen molar-refractivity contribution in [3.05, 3.63) is 12.2 Å². The van der Waals surface area contributed by atoms with E-state index in [9.17, 15) is 26.5 Å². The molecule has 0 aromatic rings. The minimum atomic E-state index is -5.82. The van der Waals surface area contributed by atoms with Crippen LogP contribution in [0.4, 0.5) is 8.78 Å². The molecule has 0 atom stereocenters. The van der Waals surface area contributed by atoms with Gasteiger partial charge in [-0.15, -0.1) is 0 Å². The summed E-state index contributed by atoms with van der Waals surface area (Å²) in [5, 5.41) is -4.55. The van der Waals surface area contributed by atoms with Crippen LogP contribution in [0.15, 0.2) is 12.2 Å². The van der Waals surface area contributed by atoms with Crippen LogP contribution in [0.2, 0.25) is 0 Å². The predicted molar refractivity (Wildman–Crippen MR) is 90.8 cm³/mol. The molecule has 154 valence electrons. The van der Waals surface area contributed by atoms with Crippen molar-refractivity contribution < 1.29 is 36.0 Å². The van der Waals surface area contributed by atoms with E-state index in [-0.39, 0.29) is 5.57 Å². The third kappa shape index (κ3) is 3.78. The largest absolute Gasteiger partial charge is 0.743 e. The predicted octanol–water partition coefficient (Wildman–Crippen LogP) is 2.85. The van der Waals surface area contributed by atoms with E-state index in [0.29, 0.717) is 30.1 Å². The summed E-state index contributed by atoms with van der Waals surface area (Å²) in [4.78, 5) is 12.5. The second-order valence-electron chi connectivity index (χ2n) is 8.19. The van der Waals surface area contributed by atoms with Gasteiger partial charge in [-0.25, -0.2) is 13.2 Å². The second kappa shape index (κ2) is 7.08. The van der Waals surface area contributed by atoms with Gasteiger partial charge in [-0.2, -0.15) is 8.78 Å². The van der Waals surface area contributed by atoms with E-state index >= 15 is 0 Å². The molecule has 6 nitrogen and oxygen atoms in total. The summed E-state index contributed by atoms with van der Waals surface area (Å²) in [5.74, 6) is 1.32. The zero-order valence-electron chi connectivity index (χ0n) is 15.3. The van der Waals surface area contributed by atoms with Crippen LogP contribution in [0.25, 0.3) is 0 Å². The minimum absolute atomic E-state index is 0.171. The zero-order valence-corrected chi connectivity index (χ0v) is 16.1. The average Bonchev–Trinajstić information content (AvgIpc) is 2.56. The van der Waals surface area contributed by atoms with Gasteiger partial charge in [0.05, 0.1) is 12.2 Å². The van der Waals surface area contributed by atoms with Crippen LogP contribution in [0.5, 0.6) is 0 Å². The molecule has 27 heavy (non-hydrogen) atoms. The van der Waals surface area contributed by atoms with Crippen molar-refractivity contribution >= 4 is 16.1 Å². The molecule has 4 aliphatic carbocycles. The average molecular weight is 407 g/mol. The smallest absolute Gasteiger partial charge is 0.357 e. The summed E-state index contributed by atoms with van der Waals surface area (Å²) in [6.45, 7) is 3.26. The van der Waals surface area contributed by atoms with E-state index in [1.807, 2.05) is 6.92 Å². The van der Waals surface area contributed by atoms with Crippen molar-refractivity contribution in [3.63, 3.8) is 0 Å². The molecule has 0 N–H and O–H groups in total. The van der Waals surface area contributed by atoms with Crippen LogP contribution < -0.4 is 0 Å². The van der Waals surface area contributed by atoms with Gasteiger partial charge in [-0.1, -0.05) is 13.5 Å². The molecule has 0 heterocycles. The number of carbonyl (C=O) groups is 1. The number of hydrogen-bond acceptors (Lipinski definition) is 6. The van der Waals surface area contributed by atoms with E-state index < -0.39 is 40.2 Å². The Kier molecular flexibility index (Phi) is 5.42. The lowest BCUT2D eigenvalue weighted by Crippen LogP contribution is -2.59. The van der Waals surface area contributed by atoms with Crippen LogP contribution in [0.1, 0.15) is 45.4 Å². The number of halogens is 2. The van der Waals surface area contributed by atoms with Crippen molar-refractivity contribution in [1.29, 1.82) is 0 Å². The maximum Gasteiger partial charge on any atom is 0.357 e. The number of rotatable bonds is 8. The van der Waals surface area contributed by atoms with E-state index in [0.717, 1.165) is 25.7 Å². The van der Waals surface area contributed by atoms with Gasteiger partial charge in [-0.3, -0.25) is 0 Å². The number of esters is 1. The molecule has 0 amide bonds. The Morgan fingerprint density at radius 2 is 1.70 bits per heavy atom. The molecule has 0 unspecified atom stereocenters. The molecule has 4 saturated carbocycles. The SMILES string of the molecule is C=C(COCC(F)(F)S(=O)(=O)[O-])C(=O)OC1(CC)C2CC3CC(C2)CC1C3. The fourth-order valence-electron chi connectivity index (χ4n) is 5.47. The third-order valence-electron chi connectivity index (χ3n) is 6.56. The van der Waals surface area contributed by atoms with Gasteiger partial charge in [0, 0.05) is 0 Å². The first kappa shape index (κ1) is 20.7. The molecule has 0 saturated heterocycles. The highest BCUT2D eigenvalue weighted by molar-refractivity contribution is 7.86. The molecular weight excluding hydrogens is 382 g/mol. The highest BCUT2D eigenvalue weighted by atomic mass is 32.2. The maximum atomic E-state index is 13.1. The molecule has 0 aromatic heterocycles. The number of hydrogen-bond donors (Lipinski definition) is 0. The Morgan fingerprint density at radius 1 is 1.19 bits per heavy atom. The normalized spacial score (nSPS) is 35.3. The first-order valence-electron chi connectivity index (χ1n) is 9.30. The van der Waals surface area contributed by atoms with Crippen molar-refractivity contribution in [2.75, 3.05) is 13.2 Å². The monoisotopic (exact) mass is 407 g/mol. The second-order valence-corrected chi connectivity index (χ2v) is 9.70. The zero-order chi connectivity index (χ0) is 20.0. The summed E-state index contributed by atoms with van der Waals surface area (Å²) < 4.78 is 68.0. The summed E-state index contributed by atoms with van der Waals surface area (Å²) in [7, 11) is -5.82. The molecule has 4 bridgehead atoms. The van der Waals surface area contributed by atoms with E-state index in [4.69, 9.17) is 4.74 Å². The van der Waals surface area contributed by atoms with Gasteiger partial charge in [0.1, 0.15) is 12.2 Å². The Labute approximate surface area is 158 Å².